The van der Waals surface area contributed by atoms with Gasteiger partial charge in [-0.3, -0.25) is 4.98 Å². The Morgan fingerprint density at radius 2 is 1.93 bits per heavy atom. The minimum atomic E-state index is -0.299. The molecule has 3 heterocycles. The Morgan fingerprint density at radius 1 is 1.11 bits per heavy atom. The van der Waals surface area contributed by atoms with Crippen molar-refractivity contribution in [3.8, 4) is 5.69 Å². The number of nitrogens with one attached hydrogen (secondary N) is 1. The number of pyridine rings is 1. The van der Waals surface area contributed by atoms with E-state index in [1.54, 1.807) is 24.4 Å². The van der Waals surface area contributed by atoms with Crippen LogP contribution < -0.4 is 5.32 Å². The molecule has 138 valence electrons. The highest BCUT2D eigenvalue weighted by Crippen LogP contribution is 2.39. The zero-order valence-electron chi connectivity index (χ0n) is 14.5. The van der Waals surface area contributed by atoms with Gasteiger partial charge in [-0.25, -0.2) is 4.39 Å². The summed E-state index contributed by atoms with van der Waals surface area (Å²) in [7, 11) is 0. The number of β-amino-alcohol motifs (C(OH)–C–C–N with tert-alkyl or cyclic N) is 1. The molecule has 0 radical (unpaired) electrons. The van der Waals surface area contributed by atoms with Crippen molar-refractivity contribution in [1.29, 1.82) is 0 Å². The van der Waals surface area contributed by atoms with Crippen LogP contribution in [0.2, 0.25) is 0 Å². The number of thiocarbonyl (C=S) groups is 1. The van der Waals surface area contributed by atoms with Gasteiger partial charge in [0.25, 0.3) is 0 Å². The molecule has 1 saturated heterocycles. The van der Waals surface area contributed by atoms with Crippen LogP contribution in [0.5, 0.6) is 0 Å². The number of para-hydroxylation sites is 1. The average Bonchev–Trinajstić information content (AvgIpc) is 3.28. The number of nitrogens with zero attached hydrogens (tertiary/aromatic N) is 3. The number of rotatable bonds is 5. The number of aromatic nitrogens is 2. The van der Waals surface area contributed by atoms with Crippen LogP contribution in [0.1, 0.15) is 23.5 Å². The highest BCUT2D eigenvalue weighted by atomic mass is 32.1. The fraction of sp³-hybridized carbons (Fsp3) is 0.200. The molecular weight excluding hydrogens is 363 g/mol. The Hall–Kier alpha value is -2.77. The van der Waals surface area contributed by atoms with Gasteiger partial charge >= 0.3 is 0 Å². The molecule has 0 aliphatic carbocycles. The molecule has 2 N–H and O–H groups in total. The second-order valence-corrected chi connectivity index (χ2v) is 6.68. The Labute approximate surface area is 162 Å². The summed E-state index contributed by atoms with van der Waals surface area (Å²) < 4.78 is 16.3. The van der Waals surface area contributed by atoms with Crippen molar-refractivity contribution >= 4 is 17.3 Å². The highest BCUT2D eigenvalue weighted by molar-refractivity contribution is 7.80. The van der Waals surface area contributed by atoms with Gasteiger partial charge in [-0.05, 0) is 48.6 Å². The first-order valence-corrected chi connectivity index (χ1v) is 9.12. The highest BCUT2D eigenvalue weighted by Gasteiger charge is 2.41. The molecular formula is C20H19FN4OS. The Balaban J connectivity index is 1.83. The van der Waals surface area contributed by atoms with E-state index in [1.165, 1.54) is 6.07 Å². The second-order valence-electron chi connectivity index (χ2n) is 6.30. The minimum absolute atomic E-state index is 0.0341. The van der Waals surface area contributed by atoms with Gasteiger partial charge in [0.1, 0.15) is 5.82 Å². The molecule has 1 aromatic carbocycles. The standard InChI is InChI=1S/C20H19FN4OS/c21-14-6-1-2-8-16(14)24-11-5-9-17(24)19-18(15-7-3-4-10-22-15)23-20(27)25(19)12-13-26/h1-11,18-19,26H,12-13H2,(H,23,27)/t18-,19+/m1/s1. The summed E-state index contributed by atoms with van der Waals surface area (Å²) in [6, 6.07) is 15.8. The number of hydrogen-bond acceptors (Lipinski definition) is 3. The van der Waals surface area contributed by atoms with Gasteiger partial charge in [0, 0.05) is 24.6 Å². The topological polar surface area (TPSA) is 53.3 Å². The molecule has 1 aliphatic rings. The fourth-order valence-corrected chi connectivity index (χ4v) is 3.91. The summed E-state index contributed by atoms with van der Waals surface area (Å²) in [6.07, 6.45) is 3.57. The summed E-state index contributed by atoms with van der Waals surface area (Å²) in [5.74, 6) is -0.299. The monoisotopic (exact) mass is 382 g/mol. The summed E-state index contributed by atoms with van der Waals surface area (Å²) in [5, 5.41) is 13.4. The summed E-state index contributed by atoms with van der Waals surface area (Å²) in [5.41, 5.74) is 2.18. The first kappa shape index (κ1) is 17.6. The Kier molecular flexibility index (Phi) is 4.87. The van der Waals surface area contributed by atoms with E-state index < -0.39 is 0 Å². The third-order valence-electron chi connectivity index (χ3n) is 4.73. The summed E-state index contributed by atoms with van der Waals surface area (Å²) >= 11 is 5.51. The maximum absolute atomic E-state index is 14.4. The molecule has 0 saturated carbocycles. The van der Waals surface area contributed by atoms with Crippen LogP contribution in [-0.4, -0.2) is 37.8 Å². The van der Waals surface area contributed by atoms with Gasteiger partial charge in [0.2, 0.25) is 0 Å². The van der Waals surface area contributed by atoms with Crippen LogP contribution in [0.3, 0.4) is 0 Å². The first-order valence-electron chi connectivity index (χ1n) is 8.72. The van der Waals surface area contributed by atoms with Crippen LogP contribution in [0, 0.1) is 5.82 Å². The largest absolute Gasteiger partial charge is 0.395 e. The van der Waals surface area contributed by atoms with E-state index >= 15 is 0 Å². The lowest BCUT2D eigenvalue weighted by molar-refractivity contribution is 0.220. The van der Waals surface area contributed by atoms with Crippen molar-refractivity contribution in [2.75, 3.05) is 13.2 Å². The van der Waals surface area contributed by atoms with Crippen LogP contribution in [-0.2, 0) is 0 Å². The first-order chi connectivity index (χ1) is 13.2. The summed E-state index contributed by atoms with van der Waals surface area (Å²) in [6.45, 7) is 0.343. The zero-order valence-corrected chi connectivity index (χ0v) is 15.3. The molecule has 0 bridgehead atoms. The van der Waals surface area contributed by atoms with E-state index in [-0.39, 0.29) is 24.5 Å². The van der Waals surface area contributed by atoms with Crippen molar-refractivity contribution in [2.45, 2.75) is 12.1 Å². The van der Waals surface area contributed by atoms with E-state index in [1.807, 2.05) is 46.0 Å². The van der Waals surface area contributed by atoms with E-state index in [2.05, 4.69) is 10.3 Å². The molecule has 3 aromatic rings. The Morgan fingerprint density at radius 3 is 2.67 bits per heavy atom. The lowest BCUT2D eigenvalue weighted by atomic mass is 10.0. The van der Waals surface area contributed by atoms with Crippen LogP contribution in [0.15, 0.2) is 67.0 Å². The van der Waals surface area contributed by atoms with Crippen molar-refractivity contribution in [1.82, 2.24) is 19.8 Å². The van der Waals surface area contributed by atoms with Crippen LogP contribution in [0.25, 0.3) is 5.69 Å². The lowest BCUT2D eigenvalue weighted by Gasteiger charge is -2.28. The number of benzene rings is 1. The molecule has 0 amide bonds. The second kappa shape index (κ2) is 7.46. The van der Waals surface area contributed by atoms with E-state index in [0.717, 1.165) is 11.4 Å². The predicted octanol–water partition coefficient (Wildman–Crippen LogP) is 2.98. The van der Waals surface area contributed by atoms with Crippen molar-refractivity contribution < 1.29 is 9.50 Å². The molecule has 4 rings (SSSR count). The maximum Gasteiger partial charge on any atom is 0.170 e. The number of halogens is 1. The quantitative estimate of drug-likeness (QED) is 0.665. The van der Waals surface area contributed by atoms with Crippen molar-refractivity contribution in [3.63, 3.8) is 0 Å². The van der Waals surface area contributed by atoms with Gasteiger partial charge in [-0.15, -0.1) is 0 Å². The van der Waals surface area contributed by atoms with Crippen molar-refractivity contribution in [2.24, 2.45) is 0 Å². The smallest absolute Gasteiger partial charge is 0.170 e. The van der Waals surface area contributed by atoms with Crippen LogP contribution >= 0.6 is 12.2 Å². The predicted molar refractivity (Wildman–Crippen MR) is 105 cm³/mol. The number of aliphatic hydroxyl groups is 1. The van der Waals surface area contributed by atoms with E-state index in [9.17, 15) is 9.50 Å². The lowest BCUT2D eigenvalue weighted by Crippen LogP contribution is -2.33. The normalized spacial score (nSPS) is 19.3. The molecule has 2 aromatic heterocycles. The zero-order chi connectivity index (χ0) is 18.8. The fourth-order valence-electron chi connectivity index (χ4n) is 3.58. The van der Waals surface area contributed by atoms with E-state index in [4.69, 9.17) is 12.2 Å². The third-order valence-corrected chi connectivity index (χ3v) is 5.09. The van der Waals surface area contributed by atoms with Crippen LogP contribution in [0.4, 0.5) is 4.39 Å². The average molecular weight is 382 g/mol. The number of aliphatic hydroxyl groups excluding tert-OH is 1. The Bertz CT molecular complexity index is 946. The SMILES string of the molecule is OCCN1C(=S)N[C@H](c2ccccn2)[C@@H]1c1cccn1-c1ccccc1F. The van der Waals surface area contributed by atoms with Gasteiger partial charge in [0.05, 0.1) is 30.1 Å². The molecule has 7 heteroatoms. The van der Waals surface area contributed by atoms with Gasteiger partial charge in [0.15, 0.2) is 5.11 Å². The summed E-state index contributed by atoms with van der Waals surface area (Å²) in [4.78, 5) is 6.41. The molecule has 0 unspecified atom stereocenters. The van der Waals surface area contributed by atoms with Crippen molar-refractivity contribution in [3.05, 3.63) is 84.2 Å². The van der Waals surface area contributed by atoms with E-state index in [0.29, 0.717) is 17.3 Å². The van der Waals surface area contributed by atoms with Gasteiger partial charge in [-0.2, -0.15) is 0 Å². The molecule has 2 atom stereocenters. The van der Waals surface area contributed by atoms with Gasteiger partial charge in [-0.1, -0.05) is 18.2 Å². The molecule has 27 heavy (non-hydrogen) atoms. The van der Waals surface area contributed by atoms with Gasteiger partial charge < -0.3 is 19.9 Å². The minimum Gasteiger partial charge on any atom is -0.395 e. The number of hydrogen-bond donors (Lipinski definition) is 2. The molecule has 5 nitrogen and oxygen atoms in total. The molecule has 0 spiro atoms. The molecule has 1 aliphatic heterocycles. The maximum atomic E-state index is 14.4. The third kappa shape index (κ3) is 3.20. The molecule has 1 fully saturated rings.